The van der Waals surface area contributed by atoms with E-state index < -0.39 is 5.97 Å². The van der Waals surface area contributed by atoms with Crippen molar-refractivity contribution >= 4 is 23.3 Å². The number of esters is 1. The highest BCUT2D eigenvalue weighted by Crippen LogP contribution is 2.10. The average molecular weight is 317 g/mol. The summed E-state index contributed by atoms with van der Waals surface area (Å²) in [7, 11) is 0. The third-order valence-electron chi connectivity index (χ3n) is 2.86. The number of carbonyl (C=O) groups is 3. The molecular weight excluding hydrogens is 302 g/mol. The van der Waals surface area contributed by atoms with Crippen LogP contribution in [0.2, 0.25) is 0 Å². The normalized spacial score (nSPS) is 10.1. The van der Waals surface area contributed by atoms with Crippen LogP contribution >= 0.6 is 0 Å². The number of carbonyl (C=O) groups excluding carboxylic acids is 3. The first-order valence-corrected chi connectivity index (χ1v) is 6.88. The van der Waals surface area contributed by atoms with Crippen molar-refractivity contribution in [3.05, 3.63) is 36.2 Å². The van der Waals surface area contributed by atoms with Crippen LogP contribution in [0.25, 0.3) is 0 Å². The number of ketones is 1. The van der Waals surface area contributed by atoms with E-state index in [-0.39, 0.29) is 24.8 Å². The summed E-state index contributed by atoms with van der Waals surface area (Å²) in [5.41, 5.74) is 0.985. The maximum Gasteiger partial charge on any atom is 0.328 e. The molecule has 0 unspecified atom stereocenters. The fourth-order valence-corrected chi connectivity index (χ4v) is 1.65. The smallest absolute Gasteiger partial charge is 0.328 e. The van der Waals surface area contributed by atoms with Gasteiger partial charge in [0.05, 0.1) is 0 Å². The standard InChI is InChI=1S/C14H15N5O4/c1-2-13(21)16-11-5-3-10(4-6-11)12(20)8-23-14(22)7-19-9-15-17-18-19/h3-6,9H,2,7-8H2,1H3,(H,16,21). The lowest BCUT2D eigenvalue weighted by molar-refractivity contribution is -0.143. The van der Waals surface area contributed by atoms with Gasteiger partial charge in [-0.3, -0.25) is 14.4 Å². The van der Waals surface area contributed by atoms with E-state index in [1.54, 1.807) is 31.2 Å². The number of nitrogens with one attached hydrogen (secondary N) is 1. The maximum absolute atomic E-state index is 11.9. The van der Waals surface area contributed by atoms with Crippen LogP contribution in [0.5, 0.6) is 0 Å². The van der Waals surface area contributed by atoms with E-state index in [2.05, 4.69) is 20.8 Å². The predicted molar refractivity (Wildman–Crippen MR) is 78.5 cm³/mol. The van der Waals surface area contributed by atoms with E-state index in [4.69, 9.17) is 4.74 Å². The fourth-order valence-electron chi connectivity index (χ4n) is 1.65. The summed E-state index contributed by atoms with van der Waals surface area (Å²) in [6.07, 6.45) is 1.64. The van der Waals surface area contributed by atoms with E-state index in [0.717, 1.165) is 0 Å². The Morgan fingerprint density at radius 3 is 2.57 bits per heavy atom. The summed E-state index contributed by atoms with van der Waals surface area (Å²) in [5.74, 6) is -1.07. The van der Waals surface area contributed by atoms with Crippen LogP contribution in [-0.2, 0) is 20.9 Å². The van der Waals surface area contributed by atoms with Crippen molar-refractivity contribution in [1.29, 1.82) is 0 Å². The Labute approximate surface area is 131 Å². The van der Waals surface area contributed by atoms with Gasteiger partial charge in [0, 0.05) is 17.7 Å². The van der Waals surface area contributed by atoms with Crippen LogP contribution in [0.15, 0.2) is 30.6 Å². The third kappa shape index (κ3) is 4.99. The Morgan fingerprint density at radius 1 is 1.22 bits per heavy atom. The van der Waals surface area contributed by atoms with E-state index in [1.807, 2.05) is 0 Å². The quantitative estimate of drug-likeness (QED) is 0.582. The third-order valence-corrected chi connectivity index (χ3v) is 2.86. The molecule has 0 saturated heterocycles. The van der Waals surface area contributed by atoms with Crippen molar-refractivity contribution in [3.63, 3.8) is 0 Å². The number of Topliss-reactive ketones (excluding diaryl/α,β-unsaturated/α-hetero) is 1. The molecule has 0 aliphatic carbocycles. The van der Waals surface area contributed by atoms with Crippen molar-refractivity contribution in [3.8, 4) is 0 Å². The van der Waals surface area contributed by atoms with E-state index in [9.17, 15) is 14.4 Å². The first-order chi connectivity index (χ1) is 11.1. The lowest BCUT2D eigenvalue weighted by Crippen LogP contribution is -2.19. The summed E-state index contributed by atoms with van der Waals surface area (Å²) in [5, 5.41) is 13.0. The van der Waals surface area contributed by atoms with Gasteiger partial charge in [0.15, 0.2) is 12.4 Å². The monoisotopic (exact) mass is 317 g/mol. The van der Waals surface area contributed by atoms with Gasteiger partial charge in [0.2, 0.25) is 5.91 Å². The van der Waals surface area contributed by atoms with E-state index in [0.29, 0.717) is 17.7 Å². The molecular formula is C14H15N5O4. The summed E-state index contributed by atoms with van der Waals surface area (Å²) in [6, 6.07) is 6.35. The molecule has 9 nitrogen and oxygen atoms in total. The van der Waals surface area contributed by atoms with E-state index >= 15 is 0 Å². The van der Waals surface area contributed by atoms with E-state index in [1.165, 1.54) is 11.0 Å². The molecule has 1 heterocycles. The van der Waals surface area contributed by atoms with Crippen molar-refractivity contribution in [2.75, 3.05) is 11.9 Å². The zero-order valence-corrected chi connectivity index (χ0v) is 12.4. The number of nitrogens with zero attached hydrogens (tertiary/aromatic N) is 4. The van der Waals surface area contributed by atoms with Gasteiger partial charge in [0.1, 0.15) is 12.9 Å². The minimum Gasteiger partial charge on any atom is -0.456 e. The largest absolute Gasteiger partial charge is 0.456 e. The predicted octanol–water partition coefficient (Wildman–Crippen LogP) is 0.448. The Balaban J connectivity index is 1.83. The van der Waals surface area contributed by atoms with Gasteiger partial charge in [-0.15, -0.1) is 5.10 Å². The van der Waals surface area contributed by atoms with Gasteiger partial charge < -0.3 is 10.1 Å². The lowest BCUT2D eigenvalue weighted by Gasteiger charge is -2.06. The number of ether oxygens (including phenoxy) is 1. The van der Waals surface area contributed by atoms with Crippen molar-refractivity contribution in [1.82, 2.24) is 20.2 Å². The molecule has 0 fully saturated rings. The molecule has 2 rings (SSSR count). The molecule has 1 amide bonds. The second kappa shape index (κ2) is 7.78. The van der Waals surface area contributed by atoms with Crippen LogP contribution in [0, 0.1) is 0 Å². The minimum atomic E-state index is -0.613. The molecule has 0 atom stereocenters. The van der Waals surface area contributed by atoms with Crippen molar-refractivity contribution in [2.45, 2.75) is 19.9 Å². The van der Waals surface area contributed by atoms with Gasteiger partial charge >= 0.3 is 5.97 Å². The first kappa shape index (κ1) is 16.3. The molecule has 0 spiro atoms. The zero-order chi connectivity index (χ0) is 16.7. The second-order valence-electron chi connectivity index (χ2n) is 4.57. The molecule has 1 N–H and O–H groups in total. The average Bonchev–Trinajstić information content (AvgIpc) is 3.06. The second-order valence-corrected chi connectivity index (χ2v) is 4.57. The molecule has 1 aromatic heterocycles. The van der Waals surface area contributed by atoms with Gasteiger partial charge in [-0.2, -0.15) is 0 Å². The molecule has 0 bridgehead atoms. The van der Waals surface area contributed by atoms with Gasteiger partial charge in [-0.05, 0) is 34.7 Å². The van der Waals surface area contributed by atoms with Gasteiger partial charge in [-0.25, -0.2) is 4.68 Å². The van der Waals surface area contributed by atoms with Gasteiger partial charge in [-0.1, -0.05) is 6.92 Å². The van der Waals surface area contributed by atoms with Crippen LogP contribution in [0.3, 0.4) is 0 Å². The minimum absolute atomic E-state index is 0.111. The maximum atomic E-state index is 11.9. The highest BCUT2D eigenvalue weighted by Gasteiger charge is 2.11. The topological polar surface area (TPSA) is 116 Å². The highest BCUT2D eigenvalue weighted by atomic mass is 16.5. The Kier molecular flexibility index (Phi) is 5.50. The molecule has 0 saturated carbocycles. The molecule has 23 heavy (non-hydrogen) atoms. The summed E-state index contributed by atoms with van der Waals surface area (Å²) >= 11 is 0. The lowest BCUT2D eigenvalue weighted by atomic mass is 10.1. The van der Waals surface area contributed by atoms with Gasteiger partial charge in [0.25, 0.3) is 0 Å². The molecule has 9 heteroatoms. The number of hydrogen-bond acceptors (Lipinski definition) is 7. The Hall–Kier alpha value is -3.10. The van der Waals surface area contributed by atoms with Crippen LogP contribution in [-0.4, -0.2) is 44.5 Å². The van der Waals surface area contributed by atoms with Crippen LogP contribution in [0.1, 0.15) is 23.7 Å². The van der Waals surface area contributed by atoms with Crippen LogP contribution in [0.4, 0.5) is 5.69 Å². The van der Waals surface area contributed by atoms with Crippen LogP contribution < -0.4 is 5.32 Å². The number of anilines is 1. The fraction of sp³-hybridized carbons (Fsp3) is 0.286. The molecule has 1 aromatic carbocycles. The van der Waals surface area contributed by atoms with Crippen molar-refractivity contribution < 1.29 is 19.1 Å². The first-order valence-electron chi connectivity index (χ1n) is 6.88. The molecule has 0 aliphatic heterocycles. The summed E-state index contributed by atoms with van der Waals surface area (Å²) in [4.78, 5) is 34.7. The zero-order valence-electron chi connectivity index (χ0n) is 12.4. The number of rotatable bonds is 7. The number of hydrogen-bond donors (Lipinski definition) is 1. The summed E-state index contributed by atoms with van der Waals surface area (Å²) in [6.45, 7) is 1.21. The SMILES string of the molecule is CCC(=O)Nc1ccc(C(=O)COC(=O)Cn2cnnn2)cc1. The Morgan fingerprint density at radius 2 is 1.96 bits per heavy atom. The number of tetrazole rings is 1. The van der Waals surface area contributed by atoms with Crippen molar-refractivity contribution in [2.24, 2.45) is 0 Å². The highest BCUT2D eigenvalue weighted by molar-refractivity contribution is 5.98. The molecule has 0 aliphatic rings. The Bertz CT molecular complexity index is 682. The number of amides is 1. The summed E-state index contributed by atoms with van der Waals surface area (Å²) < 4.78 is 6.06. The number of aromatic nitrogens is 4. The molecule has 0 radical (unpaired) electrons. The molecule has 120 valence electrons. The number of benzene rings is 1. The molecule has 2 aromatic rings.